The van der Waals surface area contributed by atoms with Crippen LogP contribution < -0.4 is 0 Å². The van der Waals surface area contributed by atoms with Crippen LogP contribution in [-0.4, -0.2) is 14.5 Å². The van der Waals surface area contributed by atoms with Crippen molar-refractivity contribution in [2.24, 2.45) is 7.05 Å². The SMILES string of the molecule is Cc1nc(Cl)c2c(I)cn(C)c2n1. The van der Waals surface area contributed by atoms with Crippen LogP contribution in [-0.2, 0) is 7.05 Å². The molecule has 13 heavy (non-hydrogen) atoms. The van der Waals surface area contributed by atoms with Crippen LogP contribution in [0.2, 0.25) is 5.15 Å². The lowest BCUT2D eigenvalue weighted by molar-refractivity contribution is 0.930. The Morgan fingerprint density at radius 2 is 2.15 bits per heavy atom. The molecule has 5 heteroatoms. The van der Waals surface area contributed by atoms with Gasteiger partial charge in [-0.1, -0.05) is 11.6 Å². The van der Waals surface area contributed by atoms with Crippen LogP contribution in [0.1, 0.15) is 5.82 Å². The molecule has 0 bridgehead atoms. The predicted molar refractivity (Wildman–Crippen MR) is 61.0 cm³/mol. The Morgan fingerprint density at radius 3 is 2.85 bits per heavy atom. The molecule has 2 aromatic rings. The molecule has 0 spiro atoms. The van der Waals surface area contributed by atoms with Gasteiger partial charge in [-0.15, -0.1) is 0 Å². The van der Waals surface area contributed by atoms with Gasteiger partial charge in [-0.3, -0.25) is 0 Å². The number of hydrogen-bond acceptors (Lipinski definition) is 2. The van der Waals surface area contributed by atoms with E-state index in [0.717, 1.165) is 14.6 Å². The summed E-state index contributed by atoms with van der Waals surface area (Å²) >= 11 is 8.24. The van der Waals surface area contributed by atoms with E-state index in [2.05, 4.69) is 32.6 Å². The highest BCUT2D eigenvalue weighted by molar-refractivity contribution is 14.1. The van der Waals surface area contributed by atoms with Gasteiger partial charge in [0.25, 0.3) is 0 Å². The van der Waals surface area contributed by atoms with Gasteiger partial charge in [0.05, 0.1) is 5.39 Å². The molecule has 0 aromatic carbocycles. The van der Waals surface area contributed by atoms with Crippen LogP contribution >= 0.6 is 34.2 Å². The lowest BCUT2D eigenvalue weighted by Gasteiger charge is -1.98. The predicted octanol–water partition coefficient (Wildman–Crippen LogP) is 2.53. The Morgan fingerprint density at radius 1 is 1.46 bits per heavy atom. The summed E-state index contributed by atoms with van der Waals surface area (Å²) in [6.07, 6.45) is 1.99. The first kappa shape index (κ1) is 9.21. The molecule has 2 aromatic heterocycles. The topological polar surface area (TPSA) is 30.7 Å². The van der Waals surface area contributed by atoms with E-state index in [0.29, 0.717) is 11.0 Å². The molecule has 0 aliphatic rings. The molecule has 0 saturated carbocycles. The van der Waals surface area contributed by atoms with Gasteiger partial charge in [-0.25, -0.2) is 9.97 Å². The van der Waals surface area contributed by atoms with Crippen molar-refractivity contribution in [3.8, 4) is 0 Å². The number of halogens is 2. The maximum atomic E-state index is 6.01. The van der Waals surface area contributed by atoms with Gasteiger partial charge in [0.2, 0.25) is 0 Å². The Balaban J connectivity index is 2.97. The van der Waals surface area contributed by atoms with Crippen molar-refractivity contribution in [2.75, 3.05) is 0 Å². The molecule has 0 saturated heterocycles. The monoisotopic (exact) mass is 307 g/mol. The Bertz CT molecular complexity index is 478. The van der Waals surface area contributed by atoms with Gasteiger partial charge in [0.15, 0.2) is 0 Å². The number of hydrogen-bond donors (Lipinski definition) is 0. The first-order chi connectivity index (χ1) is 6.09. The fraction of sp³-hybridized carbons (Fsp3) is 0.250. The molecule has 0 radical (unpaired) electrons. The molecule has 0 N–H and O–H groups in total. The first-order valence-corrected chi connectivity index (χ1v) is 5.20. The zero-order valence-corrected chi connectivity index (χ0v) is 10.1. The smallest absolute Gasteiger partial charge is 0.146 e. The Labute approximate surface area is 94.3 Å². The maximum absolute atomic E-state index is 6.01. The van der Waals surface area contributed by atoms with Crippen LogP contribution in [0.25, 0.3) is 11.0 Å². The molecule has 2 rings (SSSR count). The first-order valence-electron chi connectivity index (χ1n) is 3.74. The van der Waals surface area contributed by atoms with Crippen LogP contribution in [0.4, 0.5) is 0 Å². The van der Waals surface area contributed by atoms with Crippen LogP contribution in [0.5, 0.6) is 0 Å². The summed E-state index contributed by atoms with van der Waals surface area (Å²) < 4.78 is 3.04. The van der Waals surface area contributed by atoms with E-state index in [1.165, 1.54) is 0 Å². The number of rotatable bonds is 0. The standard InChI is InChI=1S/C8H7ClIN3/c1-4-11-7(9)6-5(10)3-13(2)8(6)12-4/h3H,1-2H3. The zero-order chi connectivity index (χ0) is 9.59. The fourth-order valence-electron chi connectivity index (χ4n) is 1.28. The van der Waals surface area contributed by atoms with Crippen molar-refractivity contribution in [3.05, 3.63) is 20.7 Å². The maximum Gasteiger partial charge on any atom is 0.146 e. The summed E-state index contributed by atoms with van der Waals surface area (Å²) in [5.41, 5.74) is 0.891. The van der Waals surface area contributed by atoms with E-state index in [1.54, 1.807) is 0 Å². The largest absolute Gasteiger partial charge is 0.334 e. The second kappa shape index (κ2) is 3.09. The third kappa shape index (κ3) is 1.42. The van der Waals surface area contributed by atoms with Gasteiger partial charge < -0.3 is 4.57 Å². The van der Waals surface area contributed by atoms with Crippen molar-refractivity contribution in [3.63, 3.8) is 0 Å². The lowest BCUT2D eigenvalue weighted by atomic mass is 10.4. The van der Waals surface area contributed by atoms with Crippen molar-refractivity contribution in [1.29, 1.82) is 0 Å². The Hall–Kier alpha value is -0.360. The summed E-state index contributed by atoms with van der Waals surface area (Å²) in [6, 6.07) is 0. The third-order valence-electron chi connectivity index (χ3n) is 1.84. The van der Waals surface area contributed by atoms with Crippen molar-refractivity contribution >= 4 is 45.2 Å². The van der Waals surface area contributed by atoms with Crippen LogP contribution in [0.3, 0.4) is 0 Å². The lowest BCUT2D eigenvalue weighted by Crippen LogP contribution is -1.93. The van der Waals surface area contributed by atoms with Gasteiger partial charge in [0.1, 0.15) is 16.6 Å². The van der Waals surface area contributed by atoms with Gasteiger partial charge >= 0.3 is 0 Å². The summed E-state index contributed by atoms with van der Waals surface area (Å²) in [4.78, 5) is 8.43. The molecular weight excluding hydrogens is 300 g/mol. The summed E-state index contributed by atoms with van der Waals surface area (Å²) in [5.74, 6) is 0.704. The van der Waals surface area contributed by atoms with E-state index in [-0.39, 0.29) is 0 Å². The van der Waals surface area contributed by atoms with Gasteiger partial charge in [-0.2, -0.15) is 0 Å². The third-order valence-corrected chi connectivity index (χ3v) is 2.93. The number of nitrogens with zero attached hydrogens (tertiary/aromatic N) is 3. The molecule has 0 fully saturated rings. The van der Waals surface area contributed by atoms with E-state index in [4.69, 9.17) is 11.6 Å². The fourth-order valence-corrected chi connectivity index (χ4v) is 2.66. The number of aromatic nitrogens is 3. The molecule has 3 nitrogen and oxygen atoms in total. The molecule has 2 heterocycles. The second-order valence-corrected chi connectivity index (χ2v) is 4.37. The van der Waals surface area contributed by atoms with Crippen molar-refractivity contribution in [1.82, 2.24) is 14.5 Å². The van der Waals surface area contributed by atoms with E-state index >= 15 is 0 Å². The van der Waals surface area contributed by atoms with Crippen molar-refractivity contribution in [2.45, 2.75) is 6.92 Å². The van der Waals surface area contributed by atoms with Gasteiger partial charge in [-0.05, 0) is 29.5 Å². The average Bonchev–Trinajstić information content (AvgIpc) is 2.27. The molecule has 0 amide bonds. The molecular formula is C8H7ClIN3. The summed E-state index contributed by atoms with van der Waals surface area (Å²) in [7, 11) is 1.95. The minimum Gasteiger partial charge on any atom is -0.334 e. The van der Waals surface area contributed by atoms with E-state index in [9.17, 15) is 0 Å². The minimum absolute atomic E-state index is 0.535. The van der Waals surface area contributed by atoms with E-state index < -0.39 is 0 Å². The average molecular weight is 308 g/mol. The highest BCUT2D eigenvalue weighted by Gasteiger charge is 2.10. The van der Waals surface area contributed by atoms with Crippen molar-refractivity contribution < 1.29 is 0 Å². The highest BCUT2D eigenvalue weighted by atomic mass is 127. The summed E-state index contributed by atoms with van der Waals surface area (Å²) in [5, 5.41) is 1.47. The quantitative estimate of drug-likeness (QED) is 0.553. The Kier molecular flexibility index (Phi) is 2.19. The molecule has 0 unspecified atom stereocenters. The summed E-state index contributed by atoms with van der Waals surface area (Å²) in [6.45, 7) is 1.84. The molecule has 68 valence electrons. The molecule has 0 atom stereocenters. The number of aryl methyl sites for hydroxylation is 2. The molecule has 0 aliphatic heterocycles. The van der Waals surface area contributed by atoms with Gasteiger partial charge in [0, 0.05) is 16.8 Å². The normalized spacial score (nSPS) is 11.1. The van der Waals surface area contributed by atoms with Crippen LogP contribution in [0, 0.1) is 10.5 Å². The minimum atomic E-state index is 0.535. The zero-order valence-electron chi connectivity index (χ0n) is 7.17. The van der Waals surface area contributed by atoms with Crippen LogP contribution in [0.15, 0.2) is 6.20 Å². The highest BCUT2D eigenvalue weighted by Crippen LogP contribution is 2.26. The molecule has 0 aliphatic carbocycles. The second-order valence-electron chi connectivity index (χ2n) is 2.85. The van der Waals surface area contributed by atoms with E-state index in [1.807, 2.05) is 24.7 Å². The number of fused-ring (bicyclic) bond motifs is 1.